The summed E-state index contributed by atoms with van der Waals surface area (Å²) in [6.45, 7) is 0.500. The first-order chi connectivity index (χ1) is 14.1. The zero-order valence-electron chi connectivity index (χ0n) is 16.6. The zero-order valence-corrected chi connectivity index (χ0v) is 16.6. The van der Waals surface area contributed by atoms with Gasteiger partial charge in [-0.2, -0.15) is 0 Å². The molecule has 0 spiro atoms. The van der Waals surface area contributed by atoms with Gasteiger partial charge in [0.1, 0.15) is 18.4 Å². The lowest BCUT2D eigenvalue weighted by molar-refractivity contribution is -0.159. The Kier molecular flexibility index (Phi) is 5.93. The van der Waals surface area contributed by atoms with Crippen LogP contribution in [0.2, 0.25) is 0 Å². The highest BCUT2D eigenvalue weighted by Gasteiger charge is 2.42. The molecule has 1 aliphatic heterocycles. The SMILES string of the molecule is O=C1[C@@H](c2ccc(F)cc2)N(Cc2ccccc2)C(=O)CN1C1CCCCCC1. The highest BCUT2D eigenvalue weighted by Crippen LogP contribution is 2.33. The molecule has 5 heteroatoms. The van der Waals surface area contributed by atoms with Crippen molar-refractivity contribution in [2.24, 2.45) is 0 Å². The summed E-state index contributed by atoms with van der Waals surface area (Å²) < 4.78 is 13.5. The molecule has 2 amide bonds. The Balaban J connectivity index is 1.66. The molecule has 0 aromatic heterocycles. The topological polar surface area (TPSA) is 40.6 Å². The third kappa shape index (κ3) is 4.34. The Bertz CT molecular complexity index is 845. The average Bonchev–Trinajstić information content (AvgIpc) is 3.02. The van der Waals surface area contributed by atoms with Crippen LogP contribution in [0.5, 0.6) is 0 Å². The molecular weight excluding hydrogens is 367 g/mol. The van der Waals surface area contributed by atoms with E-state index in [9.17, 15) is 14.0 Å². The van der Waals surface area contributed by atoms with Crippen molar-refractivity contribution in [1.82, 2.24) is 9.80 Å². The van der Waals surface area contributed by atoms with Gasteiger partial charge in [-0.1, -0.05) is 68.1 Å². The first-order valence-corrected chi connectivity index (χ1v) is 10.5. The van der Waals surface area contributed by atoms with Crippen LogP contribution < -0.4 is 0 Å². The molecule has 0 unspecified atom stereocenters. The highest BCUT2D eigenvalue weighted by atomic mass is 19.1. The number of carbonyl (C=O) groups excluding carboxylic acids is 2. The normalized spacial score (nSPS) is 21.3. The first kappa shape index (κ1) is 19.6. The predicted molar refractivity (Wildman–Crippen MR) is 109 cm³/mol. The van der Waals surface area contributed by atoms with Gasteiger partial charge in [0.05, 0.1) is 0 Å². The van der Waals surface area contributed by atoms with E-state index in [4.69, 9.17) is 0 Å². The van der Waals surface area contributed by atoms with E-state index in [0.717, 1.165) is 31.2 Å². The molecule has 4 rings (SSSR count). The molecule has 1 saturated heterocycles. The van der Waals surface area contributed by atoms with Crippen molar-refractivity contribution >= 4 is 11.8 Å². The fraction of sp³-hybridized carbons (Fsp3) is 0.417. The summed E-state index contributed by atoms with van der Waals surface area (Å²) in [7, 11) is 0. The van der Waals surface area contributed by atoms with Crippen LogP contribution in [0.1, 0.15) is 55.7 Å². The van der Waals surface area contributed by atoms with Crippen molar-refractivity contribution in [2.45, 2.75) is 57.2 Å². The van der Waals surface area contributed by atoms with Gasteiger partial charge in [0.2, 0.25) is 5.91 Å². The third-order valence-electron chi connectivity index (χ3n) is 6.10. The van der Waals surface area contributed by atoms with E-state index in [2.05, 4.69) is 0 Å². The number of hydrogen-bond donors (Lipinski definition) is 0. The van der Waals surface area contributed by atoms with Crippen molar-refractivity contribution < 1.29 is 14.0 Å². The third-order valence-corrected chi connectivity index (χ3v) is 6.10. The number of halogens is 1. The first-order valence-electron chi connectivity index (χ1n) is 10.5. The van der Waals surface area contributed by atoms with Crippen molar-refractivity contribution in [1.29, 1.82) is 0 Å². The van der Waals surface area contributed by atoms with E-state index >= 15 is 0 Å². The van der Waals surface area contributed by atoms with Crippen molar-refractivity contribution in [3.63, 3.8) is 0 Å². The minimum Gasteiger partial charge on any atom is -0.328 e. The summed E-state index contributed by atoms with van der Waals surface area (Å²) in [6, 6.07) is 15.1. The van der Waals surface area contributed by atoms with Crippen LogP contribution in [0.25, 0.3) is 0 Å². The van der Waals surface area contributed by atoms with Gasteiger partial charge in [0, 0.05) is 12.6 Å². The second-order valence-electron chi connectivity index (χ2n) is 8.07. The number of rotatable bonds is 4. The fourth-order valence-corrected chi connectivity index (χ4v) is 4.55. The van der Waals surface area contributed by atoms with Gasteiger partial charge in [0.15, 0.2) is 0 Å². The molecule has 0 N–H and O–H groups in total. The number of amides is 2. The quantitative estimate of drug-likeness (QED) is 0.719. The number of benzene rings is 2. The summed E-state index contributed by atoms with van der Waals surface area (Å²) in [6.07, 6.45) is 6.47. The Labute approximate surface area is 171 Å². The Morgan fingerprint density at radius 1 is 0.862 bits per heavy atom. The molecule has 1 aliphatic carbocycles. The second-order valence-corrected chi connectivity index (χ2v) is 8.07. The van der Waals surface area contributed by atoms with Gasteiger partial charge in [-0.05, 0) is 36.1 Å². The molecule has 152 valence electrons. The fourth-order valence-electron chi connectivity index (χ4n) is 4.55. The van der Waals surface area contributed by atoms with Crippen molar-refractivity contribution in [2.75, 3.05) is 6.54 Å². The largest absolute Gasteiger partial charge is 0.328 e. The van der Waals surface area contributed by atoms with Gasteiger partial charge in [-0.15, -0.1) is 0 Å². The van der Waals surface area contributed by atoms with Crippen molar-refractivity contribution in [3.8, 4) is 0 Å². The molecule has 2 fully saturated rings. The summed E-state index contributed by atoms with van der Waals surface area (Å²) in [5.41, 5.74) is 1.64. The average molecular weight is 394 g/mol. The molecule has 2 aromatic rings. The lowest BCUT2D eigenvalue weighted by Crippen LogP contribution is -2.57. The Hall–Kier alpha value is -2.69. The number of carbonyl (C=O) groups is 2. The van der Waals surface area contributed by atoms with E-state index < -0.39 is 6.04 Å². The summed E-state index contributed by atoms with van der Waals surface area (Å²) in [5, 5.41) is 0. The van der Waals surface area contributed by atoms with Crippen LogP contribution in [-0.2, 0) is 16.1 Å². The minimum absolute atomic E-state index is 0.0426. The van der Waals surface area contributed by atoms with Crippen LogP contribution in [0.15, 0.2) is 54.6 Å². The maximum atomic E-state index is 13.6. The summed E-state index contributed by atoms with van der Waals surface area (Å²) in [5.74, 6) is -0.440. The molecule has 29 heavy (non-hydrogen) atoms. The van der Waals surface area contributed by atoms with Crippen LogP contribution in [0.4, 0.5) is 4.39 Å². The van der Waals surface area contributed by atoms with E-state index in [0.29, 0.717) is 12.1 Å². The molecule has 2 aliphatic rings. The Morgan fingerprint density at radius 3 is 2.17 bits per heavy atom. The van der Waals surface area contributed by atoms with Crippen LogP contribution in [0.3, 0.4) is 0 Å². The maximum Gasteiger partial charge on any atom is 0.250 e. The molecule has 0 bridgehead atoms. The van der Waals surface area contributed by atoms with Crippen molar-refractivity contribution in [3.05, 3.63) is 71.5 Å². The van der Waals surface area contributed by atoms with Gasteiger partial charge in [-0.3, -0.25) is 9.59 Å². The second kappa shape index (κ2) is 8.76. The van der Waals surface area contributed by atoms with E-state index in [1.807, 2.05) is 30.3 Å². The zero-order chi connectivity index (χ0) is 20.2. The molecule has 1 saturated carbocycles. The number of nitrogens with zero attached hydrogens (tertiary/aromatic N) is 2. The lowest BCUT2D eigenvalue weighted by atomic mass is 9.97. The predicted octanol–water partition coefficient (Wildman–Crippen LogP) is 4.46. The van der Waals surface area contributed by atoms with Crippen LogP contribution in [0, 0.1) is 5.82 Å². The van der Waals surface area contributed by atoms with Crippen LogP contribution in [-0.4, -0.2) is 34.2 Å². The van der Waals surface area contributed by atoms with Gasteiger partial charge in [0.25, 0.3) is 5.91 Å². The number of hydrogen-bond acceptors (Lipinski definition) is 2. The summed E-state index contributed by atoms with van der Waals surface area (Å²) >= 11 is 0. The smallest absolute Gasteiger partial charge is 0.250 e. The van der Waals surface area contributed by atoms with Gasteiger partial charge < -0.3 is 9.80 Å². The molecule has 1 atom stereocenters. The van der Waals surface area contributed by atoms with Crippen LogP contribution >= 0.6 is 0 Å². The standard InChI is InChI=1S/C24H27FN2O2/c25-20-14-12-19(13-15-20)23-24(29)26(21-10-6-1-2-7-11-21)17-22(28)27(23)16-18-8-4-3-5-9-18/h3-5,8-9,12-15,21,23H,1-2,6-7,10-11,16-17H2/t23-/m1/s1. The van der Waals surface area contributed by atoms with E-state index in [1.54, 1.807) is 21.9 Å². The molecule has 2 aromatic carbocycles. The molecule has 0 radical (unpaired) electrons. The monoisotopic (exact) mass is 394 g/mol. The van der Waals surface area contributed by atoms with E-state index in [-0.39, 0.29) is 30.2 Å². The van der Waals surface area contributed by atoms with Gasteiger partial charge >= 0.3 is 0 Å². The maximum absolute atomic E-state index is 13.6. The molecule has 1 heterocycles. The highest BCUT2D eigenvalue weighted by molar-refractivity contribution is 5.95. The summed E-state index contributed by atoms with van der Waals surface area (Å²) in [4.78, 5) is 30.2. The molecular formula is C24H27FN2O2. The van der Waals surface area contributed by atoms with E-state index in [1.165, 1.54) is 25.0 Å². The van der Waals surface area contributed by atoms with Gasteiger partial charge in [-0.25, -0.2) is 4.39 Å². The minimum atomic E-state index is -0.708. The number of piperazine rings is 1. The Morgan fingerprint density at radius 2 is 1.52 bits per heavy atom. The lowest BCUT2D eigenvalue weighted by Gasteiger charge is -2.43. The molecule has 4 nitrogen and oxygen atoms in total.